The van der Waals surface area contributed by atoms with Crippen molar-refractivity contribution in [2.45, 2.75) is 13.1 Å². The SMILES string of the molecule is Cc1cccc(NC(NC(=O)c2ccccc2)C(=O)c2ccccc2)c1. The van der Waals surface area contributed by atoms with Crippen molar-refractivity contribution in [3.8, 4) is 0 Å². The summed E-state index contributed by atoms with van der Waals surface area (Å²) in [5.41, 5.74) is 2.87. The Kier molecular flexibility index (Phi) is 5.44. The number of nitrogens with one attached hydrogen (secondary N) is 2. The minimum absolute atomic E-state index is 0.198. The van der Waals surface area contributed by atoms with Gasteiger partial charge in [-0.15, -0.1) is 0 Å². The average molecular weight is 344 g/mol. The lowest BCUT2D eigenvalue weighted by atomic mass is 10.1. The van der Waals surface area contributed by atoms with Crippen LogP contribution in [-0.4, -0.2) is 17.9 Å². The summed E-state index contributed by atoms with van der Waals surface area (Å²) in [4.78, 5) is 25.5. The molecule has 0 fully saturated rings. The largest absolute Gasteiger partial charge is 0.359 e. The number of hydrogen-bond donors (Lipinski definition) is 2. The standard InChI is InChI=1S/C22H20N2O2/c1-16-9-8-14-19(15-16)23-21(20(25)17-10-4-2-5-11-17)24-22(26)18-12-6-3-7-13-18/h2-15,21,23H,1H3,(H,24,26). The number of amides is 1. The molecule has 4 nitrogen and oxygen atoms in total. The second-order valence-corrected chi connectivity index (χ2v) is 6.02. The molecule has 0 spiro atoms. The predicted molar refractivity (Wildman–Crippen MR) is 103 cm³/mol. The van der Waals surface area contributed by atoms with Crippen LogP contribution in [0, 0.1) is 6.92 Å². The van der Waals surface area contributed by atoms with Gasteiger partial charge in [0, 0.05) is 16.8 Å². The molecule has 26 heavy (non-hydrogen) atoms. The maximum Gasteiger partial charge on any atom is 0.253 e. The van der Waals surface area contributed by atoms with E-state index in [0.717, 1.165) is 11.3 Å². The Morgan fingerprint density at radius 1 is 0.769 bits per heavy atom. The number of aryl methyl sites for hydroxylation is 1. The van der Waals surface area contributed by atoms with E-state index in [1.54, 1.807) is 48.5 Å². The zero-order valence-electron chi connectivity index (χ0n) is 14.5. The normalized spacial score (nSPS) is 11.4. The van der Waals surface area contributed by atoms with Crippen molar-refractivity contribution in [1.29, 1.82) is 0 Å². The molecule has 1 atom stereocenters. The highest BCUT2D eigenvalue weighted by Gasteiger charge is 2.22. The molecule has 0 saturated heterocycles. The molecule has 0 aliphatic rings. The first kappa shape index (κ1) is 17.4. The van der Waals surface area contributed by atoms with Gasteiger partial charge in [0.2, 0.25) is 5.78 Å². The molecular weight excluding hydrogens is 324 g/mol. The van der Waals surface area contributed by atoms with Crippen molar-refractivity contribution < 1.29 is 9.59 Å². The van der Waals surface area contributed by atoms with Crippen LogP contribution in [0.1, 0.15) is 26.3 Å². The molecule has 0 radical (unpaired) electrons. The lowest BCUT2D eigenvalue weighted by Crippen LogP contribution is -2.46. The average Bonchev–Trinajstić information content (AvgIpc) is 2.68. The highest BCUT2D eigenvalue weighted by molar-refractivity contribution is 6.05. The number of benzene rings is 3. The van der Waals surface area contributed by atoms with Gasteiger partial charge in [0.1, 0.15) is 0 Å². The number of ketones is 1. The summed E-state index contributed by atoms with van der Waals surface area (Å²) in [5, 5.41) is 5.94. The molecule has 0 bridgehead atoms. The summed E-state index contributed by atoms with van der Waals surface area (Å²) in [7, 11) is 0. The summed E-state index contributed by atoms with van der Waals surface area (Å²) < 4.78 is 0. The predicted octanol–water partition coefficient (Wildman–Crippen LogP) is 4.05. The minimum Gasteiger partial charge on any atom is -0.359 e. The van der Waals surface area contributed by atoms with Crippen molar-refractivity contribution >= 4 is 17.4 Å². The molecule has 0 aromatic heterocycles. The van der Waals surface area contributed by atoms with E-state index in [-0.39, 0.29) is 11.7 Å². The van der Waals surface area contributed by atoms with Crippen LogP contribution < -0.4 is 10.6 Å². The van der Waals surface area contributed by atoms with E-state index in [1.807, 2.05) is 43.3 Å². The summed E-state index contributed by atoms with van der Waals surface area (Å²) in [6.07, 6.45) is -0.869. The lowest BCUT2D eigenvalue weighted by molar-refractivity contribution is 0.0869. The number of carbonyl (C=O) groups excluding carboxylic acids is 2. The van der Waals surface area contributed by atoms with Crippen molar-refractivity contribution in [3.05, 3.63) is 102 Å². The summed E-state index contributed by atoms with van der Waals surface area (Å²) in [6, 6.07) is 25.5. The van der Waals surface area contributed by atoms with Crippen molar-refractivity contribution in [2.75, 3.05) is 5.32 Å². The number of carbonyl (C=O) groups is 2. The Hall–Kier alpha value is -3.40. The Balaban J connectivity index is 1.85. The molecule has 0 aliphatic heterocycles. The van der Waals surface area contributed by atoms with E-state index in [1.165, 1.54) is 0 Å². The van der Waals surface area contributed by atoms with Gasteiger partial charge in [-0.05, 0) is 36.8 Å². The topological polar surface area (TPSA) is 58.2 Å². The number of anilines is 1. The maximum atomic E-state index is 12.9. The van der Waals surface area contributed by atoms with Gasteiger partial charge in [-0.25, -0.2) is 0 Å². The molecular formula is C22H20N2O2. The fourth-order valence-electron chi connectivity index (χ4n) is 2.64. The molecule has 0 aliphatic carbocycles. The summed E-state index contributed by atoms with van der Waals surface area (Å²) >= 11 is 0. The molecule has 0 saturated carbocycles. The highest BCUT2D eigenvalue weighted by Crippen LogP contribution is 2.13. The first-order valence-electron chi connectivity index (χ1n) is 8.42. The molecule has 0 heterocycles. The van der Waals surface area contributed by atoms with Crippen LogP contribution in [0.4, 0.5) is 5.69 Å². The van der Waals surface area contributed by atoms with Crippen molar-refractivity contribution in [3.63, 3.8) is 0 Å². The first-order valence-corrected chi connectivity index (χ1v) is 8.42. The van der Waals surface area contributed by atoms with E-state index in [9.17, 15) is 9.59 Å². The van der Waals surface area contributed by atoms with Gasteiger partial charge in [0.25, 0.3) is 5.91 Å². The van der Waals surface area contributed by atoms with Crippen LogP contribution in [-0.2, 0) is 0 Å². The Bertz CT molecular complexity index is 892. The van der Waals surface area contributed by atoms with Crippen molar-refractivity contribution in [2.24, 2.45) is 0 Å². The van der Waals surface area contributed by atoms with E-state index < -0.39 is 6.17 Å². The van der Waals surface area contributed by atoms with Gasteiger partial charge in [-0.3, -0.25) is 9.59 Å². The molecule has 3 aromatic rings. The third kappa shape index (κ3) is 4.36. The van der Waals surface area contributed by atoms with Crippen LogP contribution in [0.5, 0.6) is 0 Å². The summed E-state index contributed by atoms with van der Waals surface area (Å²) in [5.74, 6) is -0.503. The van der Waals surface area contributed by atoms with Gasteiger partial charge in [-0.2, -0.15) is 0 Å². The second-order valence-electron chi connectivity index (χ2n) is 6.02. The number of rotatable bonds is 6. The van der Waals surface area contributed by atoms with E-state index in [0.29, 0.717) is 11.1 Å². The minimum atomic E-state index is -0.869. The van der Waals surface area contributed by atoms with Gasteiger partial charge in [0.05, 0.1) is 0 Å². The number of hydrogen-bond acceptors (Lipinski definition) is 3. The van der Waals surface area contributed by atoms with Gasteiger partial charge >= 0.3 is 0 Å². The zero-order chi connectivity index (χ0) is 18.4. The third-order valence-electron chi connectivity index (χ3n) is 3.96. The fraction of sp³-hybridized carbons (Fsp3) is 0.0909. The van der Waals surface area contributed by atoms with Crippen LogP contribution in [0.3, 0.4) is 0 Å². The maximum absolute atomic E-state index is 12.9. The second kappa shape index (κ2) is 8.12. The van der Waals surface area contributed by atoms with E-state index in [2.05, 4.69) is 10.6 Å². The molecule has 130 valence electrons. The monoisotopic (exact) mass is 344 g/mol. The van der Waals surface area contributed by atoms with Crippen LogP contribution >= 0.6 is 0 Å². The highest BCUT2D eigenvalue weighted by atomic mass is 16.2. The molecule has 2 N–H and O–H groups in total. The number of Topliss-reactive ketones (excluding diaryl/α,β-unsaturated/α-hetero) is 1. The van der Waals surface area contributed by atoms with Crippen LogP contribution in [0.15, 0.2) is 84.9 Å². The fourth-order valence-corrected chi connectivity index (χ4v) is 2.64. The van der Waals surface area contributed by atoms with Crippen molar-refractivity contribution in [1.82, 2.24) is 5.32 Å². The molecule has 3 rings (SSSR count). The Morgan fingerprint density at radius 3 is 2.00 bits per heavy atom. The molecule has 1 unspecified atom stereocenters. The molecule has 3 aromatic carbocycles. The Morgan fingerprint density at radius 2 is 1.38 bits per heavy atom. The molecule has 1 amide bonds. The smallest absolute Gasteiger partial charge is 0.253 e. The van der Waals surface area contributed by atoms with Gasteiger partial charge in [-0.1, -0.05) is 60.7 Å². The Labute approximate surface area is 152 Å². The summed E-state index contributed by atoms with van der Waals surface area (Å²) in [6.45, 7) is 1.97. The van der Waals surface area contributed by atoms with E-state index in [4.69, 9.17) is 0 Å². The molecule has 4 heteroatoms. The zero-order valence-corrected chi connectivity index (χ0v) is 14.5. The van der Waals surface area contributed by atoms with Gasteiger partial charge < -0.3 is 10.6 Å². The third-order valence-corrected chi connectivity index (χ3v) is 3.96. The first-order chi connectivity index (χ1) is 12.6. The van der Waals surface area contributed by atoms with E-state index >= 15 is 0 Å². The van der Waals surface area contributed by atoms with Gasteiger partial charge in [0.15, 0.2) is 6.17 Å². The van der Waals surface area contributed by atoms with Crippen LogP contribution in [0.2, 0.25) is 0 Å². The lowest BCUT2D eigenvalue weighted by Gasteiger charge is -2.21. The van der Waals surface area contributed by atoms with Crippen LogP contribution in [0.25, 0.3) is 0 Å². The quantitative estimate of drug-likeness (QED) is 0.524.